The fourth-order valence-electron chi connectivity index (χ4n) is 3.76. The molecule has 0 unspecified atom stereocenters. The zero-order valence-electron chi connectivity index (χ0n) is 13.8. The second-order valence-corrected chi connectivity index (χ2v) is 7.34. The summed E-state index contributed by atoms with van der Waals surface area (Å²) < 4.78 is 1.97. The van der Waals surface area contributed by atoms with Crippen molar-refractivity contribution in [3.63, 3.8) is 0 Å². The van der Waals surface area contributed by atoms with E-state index in [1.165, 1.54) is 0 Å². The van der Waals surface area contributed by atoms with Crippen LogP contribution in [0.1, 0.15) is 22.5 Å². The summed E-state index contributed by atoms with van der Waals surface area (Å²) in [5.74, 6) is 1.09. The summed E-state index contributed by atoms with van der Waals surface area (Å²) in [7, 11) is 0. The normalized spacial score (nSPS) is 17.3. The lowest BCUT2D eigenvalue weighted by Gasteiger charge is -2.35. The Kier molecular flexibility index (Phi) is 3.44. The number of rotatable bonds is 2. The van der Waals surface area contributed by atoms with E-state index in [2.05, 4.69) is 26.0 Å². The van der Waals surface area contributed by atoms with Crippen LogP contribution < -0.4 is 4.90 Å². The van der Waals surface area contributed by atoms with Gasteiger partial charge in [0.2, 0.25) is 0 Å². The van der Waals surface area contributed by atoms with Crippen LogP contribution in [0.4, 0.5) is 5.82 Å². The Labute approximate surface area is 148 Å². The van der Waals surface area contributed by atoms with Gasteiger partial charge >= 0.3 is 0 Å². The first-order valence-corrected chi connectivity index (χ1v) is 9.46. The molecular weight excluding hydrogens is 336 g/mol. The van der Waals surface area contributed by atoms with Crippen LogP contribution in [-0.4, -0.2) is 56.7 Å². The van der Waals surface area contributed by atoms with Gasteiger partial charge in [0, 0.05) is 32.7 Å². The van der Waals surface area contributed by atoms with E-state index in [9.17, 15) is 4.79 Å². The largest absolute Gasteiger partial charge is 0.352 e. The average Bonchev–Trinajstić information content (AvgIpc) is 3.37. The average molecular weight is 354 g/mol. The van der Waals surface area contributed by atoms with Gasteiger partial charge in [-0.15, -0.1) is 11.3 Å². The van der Waals surface area contributed by atoms with Crippen molar-refractivity contribution in [1.29, 1.82) is 0 Å². The lowest BCUT2D eigenvalue weighted by Crippen LogP contribution is -2.49. The summed E-state index contributed by atoms with van der Waals surface area (Å²) in [6.07, 6.45) is 5.41. The van der Waals surface area contributed by atoms with Gasteiger partial charge in [0.1, 0.15) is 17.0 Å². The number of anilines is 1. The molecule has 0 radical (unpaired) electrons. The minimum absolute atomic E-state index is 0.117. The number of carbonyl (C=O) groups is 1. The zero-order valence-corrected chi connectivity index (χ0v) is 14.6. The number of hydrogen-bond donors (Lipinski definition) is 0. The first-order chi connectivity index (χ1) is 12.3. The van der Waals surface area contributed by atoms with Gasteiger partial charge in [0.15, 0.2) is 0 Å². The topological polar surface area (TPSA) is 67.2 Å². The molecule has 2 aliphatic heterocycles. The monoisotopic (exact) mass is 354 g/mol. The maximum Gasteiger partial charge on any atom is 0.257 e. The van der Waals surface area contributed by atoms with Crippen molar-refractivity contribution >= 4 is 33.3 Å². The lowest BCUT2D eigenvalue weighted by molar-refractivity contribution is 0.0745. The van der Waals surface area contributed by atoms with Crippen molar-refractivity contribution < 1.29 is 4.79 Å². The highest BCUT2D eigenvalue weighted by molar-refractivity contribution is 7.16. The van der Waals surface area contributed by atoms with E-state index in [4.69, 9.17) is 0 Å². The summed E-state index contributed by atoms with van der Waals surface area (Å²) in [4.78, 5) is 26.9. The molecule has 7 nitrogen and oxygen atoms in total. The standard InChI is InChI=1S/C17H18N6OS/c24-17(13-10-20-23-4-1-2-14(13)23)22-7-5-21(6-8-22)15-12-3-9-25-16(12)19-11-18-15/h3,9-11H,1-2,4-8H2. The molecule has 1 amide bonds. The molecule has 8 heteroatoms. The predicted molar refractivity (Wildman–Crippen MR) is 96.1 cm³/mol. The number of piperazine rings is 1. The number of fused-ring (bicyclic) bond motifs is 2. The minimum Gasteiger partial charge on any atom is -0.352 e. The number of nitrogens with zero attached hydrogens (tertiary/aromatic N) is 6. The van der Waals surface area contributed by atoms with Crippen molar-refractivity contribution in [2.45, 2.75) is 19.4 Å². The molecule has 3 aromatic heterocycles. The van der Waals surface area contributed by atoms with Gasteiger partial charge in [0.25, 0.3) is 5.91 Å². The second kappa shape index (κ2) is 5.80. The van der Waals surface area contributed by atoms with Crippen LogP contribution in [0.5, 0.6) is 0 Å². The summed E-state index contributed by atoms with van der Waals surface area (Å²) in [6.45, 7) is 3.92. The SMILES string of the molecule is O=C(c1cnn2c1CCC2)N1CCN(c2ncnc3sccc23)CC1. The number of aryl methyl sites for hydroxylation is 1. The second-order valence-electron chi connectivity index (χ2n) is 6.45. The summed E-state index contributed by atoms with van der Waals surface area (Å²) >= 11 is 1.63. The maximum absolute atomic E-state index is 12.9. The predicted octanol–water partition coefficient (Wildman–Crippen LogP) is 1.80. The molecule has 5 heterocycles. The van der Waals surface area contributed by atoms with Gasteiger partial charge in [-0.3, -0.25) is 9.48 Å². The van der Waals surface area contributed by atoms with Crippen LogP contribution in [0.15, 0.2) is 24.0 Å². The molecule has 0 atom stereocenters. The summed E-state index contributed by atoms with van der Waals surface area (Å²) in [5, 5.41) is 7.49. The first-order valence-electron chi connectivity index (χ1n) is 8.58. The fourth-order valence-corrected chi connectivity index (χ4v) is 4.49. The van der Waals surface area contributed by atoms with Gasteiger partial charge in [0.05, 0.1) is 22.8 Å². The third-order valence-electron chi connectivity index (χ3n) is 5.07. The Morgan fingerprint density at radius 3 is 2.88 bits per heavy atom. The Balaban J connectivity index is 1.33. The van der Waals surface area contributed by atoms with Gasteiger partial charge in [-0.05, 0) is 24.3 Å². The molecule has 5 rings (SSSR count). The van der Waals surface area contributed by atoms with Crippen molar-refractivity contribution in [2.24, 2.45) is 0 Å². The Morgan fingerprint density at radius 2 is 2.00 bits per heavy atom. The van der Waals surface area contributed by atoms with Crippen LogP contribution in [0, 0.1) is 0 Å². The lowest BCUT2D eigenvalue weighted by atomic mass is 10.1. The highest BCUT2D eigenvalue weighted by atomic mass is 32.1. The molecule has 25 heavy (non-hydrogen) atoms. The highest BCUT2D eigenvalue weighted by Crippen LogP contribution is 2.28. The van der Waals surface area contributed by atoms with Crippen LogP contribution in [0.25, 0.3) is 10.2 Å². The van der Waals surface area contributed by atoms with E-state index in [-0.39, 0.29) is 5.91 Å². The van der Waals surface area contributed by atoms with Crippen molar-refractivity contribution in [2.75, 3.05) is 31.1 Å². The Morgan fingerprint density at radius 1 is 1.12 bits per heavy atom. The smallest absolute Gasteiger partial charge is 0.257 e. The van der Waals surface area contributed by atoms with E-state index in [1.807, 2.05) is 15.0 Å². The molecule has 3 aromatic rings. The fraction of sp³-hybridized carbons (Fsp3) is 0.412. The molecule has 0 N–H and O–H groups in total. The maximum atomic E-state index is 12.9. The van der Waals surface area contributed by atoms with Crippen LogP contribution >= 0.6 is 11.3 Å². The Bertz CT molecular complexity index is 940. The van der Waals surface area contributed by atoms with Crippen LogP contribution in [0.2, 0.25) is 0 Å². The molecular formula is C17H18N6OS. The Hall–Kier alpha value is -2.48. The quantitative estimate of drug-likeness (QED) is 0.702. The number of hydrogen-bond acceptors (Lipinski definition) is 6. The minimum atomic E-state index is 0.117. The van der Waals surface area contributed by atoms with Crippen molar-refractivity contribution in [3.8, 4) is 0 Å². The highest BCUT2D eigenvalue weighted by Gasteiger charge is 2.28. The molecule has 1 fully saturated rings. The van der Waals surface area contributed by atoms with Gasteiger partial charge in [-0.2, -0.15) is 5.10 Å². The first kappa shape index (κ1) is 14.8. The molecule has 0 spiro atoms. The molecule has 128 valence electrons. The zero-order chi connectivity index (χ0) is 16.8. The number of aromatic nitrogens is 4. The number of amides is 1. The third-order valence-corrected chi connectivity index (χ3v) is 5.89. The van der Waals surface area contributed by atoms with E-state index in [0.29, 0.717) is 13.1 Å². The number of carbonyl (C=O) groups excluding carboxylic acids is 1. The van der Waals surface area contributed by atoms with Crippen LogP contribution in [-0.2, 0) is 13.0 Å². The molecule has 0 aliphatic carbocycles. The van der Waals surface area contributed by atoms with Crippen molar-refractivity contribution in [1.82, 2.24) is 24.6 Å². The molecule has 0 aromatic carbocycles. The van der Waals surface area contributed by atoms with Crippen LogP contribution in [0.3, 0.4) is 0 Å². The van der Waals surface area contributed by atoms with Gasteiger partial charge in [-0.1, -0.05) is 0 Å². The van der Waals surface area contributed by atoms with E-state index < -0.39 is 0 Å². The van der Waals surface area contributed by atoms with E-state index >= 15 is 0 Å². The van der Waals surface area contributed by atoms with Crippen molar-refractivity contribution in [3.05, 3.63) is 35.2 Å². The number of thiophene rings is 1. The molecule has 0 bridgehead atoms. The summed E-state index contributed by atoms with van der Waals surface area (Å²) in [5.41, 5.74) is 1.89. The molecule has 2 aliphatic rings. The van der Waals surface area contributed by atoms with E-state index in [1.54, 1.807) is 23.9 Å². The van der Waals surface area contributed by atoms with Gasteiger partial charge in [-0.25, -0.2) is 9.97 Å². The third kappa shape index (κ3) is 2.39. The summed E-state index contributed by atoms with van der Waals surface area (Å²) in [6, 6.07) is 2.07. The molecule has 1 saturated heterocycles. The van der Waals surface area contributed by atoms with Gasteiger partial charge < -0.3 is 9.80 Å². The molecule has 0 saturated carbocycles. The van der Waals surface area contributed by atoms with E-state index in [0.717, 1.165) is 59.8 Å².